The van der Waals surface area contributed by atoms with Crippen LogP contribution >= 0.6 is 0 Å². The van der Waals surface area contributed by atoms with Gasteiger partial charge in [-0.25, -0.2) is 8.42 Å². The third kappa shape index (κ3) is 2.91. The minimum atomic E-state index is -3.09. The van der Waals surface area contributed by atoms with Crippen LogP contribution in [-0.2, 0) is 10.0 Å². The lowest BCUT2D eigenvalue weighted by Gasteiger charge is -2.40. The molecule has 1 aromatic carbocycles. The molecule has 1 aliphatic rings. The van der Waals surface area contributed by atoms with E-state index in [9.17, 15) is 8.42 Å². The Balaban J connectivity index is 2.24. The van der Waals surface area contributed by atoms with E-state index in [2.05, 4.69) is 24.0 Å². The average molecular weight is 268 g/mol. The van der Waals surface area contributed by atoms with E-state index in [0.29, 0.717) is 13.1 Å². The summed E-state index contributed by atoms with van der Waals surface area (Å²) < 4.78 is 24.9. The molecule has 1 atom stereocenters. The maximum atomic E-state index is 11.7. The summed E-state index contributed by atoms with van der Waals surface area (Å²) in [6, 6.07) is 10.3. The quantitative estimate of drug-likeness (QED) is 0.830. The number of piperazine rings is 1. The van der Waals surface area contributed by atoms with Crippen molar-refractivity contribution in [3.8, 4) is 0 Å². The molecular weight excluding hydrogens is 248 g/mol. The van der Waals surface area contributed by atoms with E-state index in [-0.39, 0.29) is 6.04 Å². The van der Waals surface area contributed by atoms with E-state index < -0.39 is 10.0 Å². The fourth-order valence-corrected chi connectivity index (χ4v) is 3.29. The van der Waals surface area contributed by atoms with Crippen LogP contribution in [0.4, 0.5) is 0 Å². The first kappa shape index (κ1) is 13.5. The minimum Gasteiger partial charge on any atom is -0.294 e. The van der Waals surface area contributed by atoms with Crippen molar-refractivity contribution in [2.24, 2.45) is 0 Å². The molecule has 0 spiro atoms. The van der Waals surface area contributed by atoms with Gasteiger partial charge in [0.1, 0.15) is 0 Å². The number of sulfonamides is 1. The molecule has 4 nitrogen and oxygen atoms in total. The lowest BCUT2D eigenvalue weighted by Crippen LogP contribution is -2.49. The molecule has 0 radical (unpaired) electrons. The summed E-state index contributed by atoms with van der Waals surface area (Å²) in [5.74, 6) is 0. The number of likely N-dealkylation sites (N-methyl/N-ethyl adjacent to an activating group) is 1. The van der Waals surface area contributed by atoms with Crippen molar-refractivity contribution in [2.75, 3.05) is 32.4 Å². The Hall–Kier alpha value is -0.910. The normalized spacial score (nSPS) is 23.1. The first-order valence-electron chi connectivity index (χ1n) is 6.26. The lowest BCUT2D eigenvalue weighted by molar-refractivity contribution is 0.125. The van der Waals surface area contributed by atoms with Crippen molar-refractivity contribution in [3.05, 3.63) is 35.9 Å². The van der Waals surface area contributed by atoms with E-state index >= 15 is 0 Å². The van der Waals surface area contributed by atoms with Crippen LogP contribution in [0.3, 0.4) is 0 Å². The SMILES string of the molecule is CCN1CCN(S(C)(=O)=O)C[C@@H]1c1ccccc1. The zero-order valence-corrected chi connectivity index (χ0v) is 11.7. The van der Waals surface area contributed by atoms with E-state index in [0.717, 1.165) is 13.1 Å². The van der Waals surface area contributed by atoms with Gasteiger partial charge in [0.05, 0.1) is 6.26 Å². The van der Waals surface area contributed by atoms with Gasteiger partial charge in [0, 0.05) is 25.7 Å². The van der Waals surface area contributed by atoms with Crippen LogP contribution < -0.4 is 0 Å². The number of benzene rings is 1. The molecule has 0 N–H and O–H groups in total. The van der Waals surface area contributed by atoms with Crippen LogP contribution in [0.2, 0.25) is 0 Å². The second-order valence-corrected chi connectivity index (χ2v) is 6.66. The van der Waals surface area contributed by atoms with Gasteiger partial charge in [0.25, 0.3) is 0 Å². The van der Waals surface area contributed by atoms with Gasteiger partial charge in [-0.05, 0) is 12.1 Å². The molecule has 1 aromatic rings. The maximum absolute atomic E-state index is 11.7. The zero-order valence-electron chi connectivity index (χ0n) is 10.9. The summed E-state index contributed by atoms with van der Waals surface area (Å²) in [6.07, 6.45) is 1.29. The van der Waals surface area contributed by atoms with Crippen LogP contribution in [-0.4, -0.2) is 50.1 Å². The van der Waals surface area contributed by atoms with Crippen LogP contribution in [0, 0.1) is 0 Å². The number of rotatable bonds is 3. The fraction of sp³-hybridized carbons (Fsp3) is 0.538. The Labute approximate surface area is 109 Å². The molecule has 1 saturated heterocycles. The number of hydrogen-bond donors (Lipinski definition) is 0. The van der Waals surface area contributed by atoms with Gasteiger partial charge in [-0.1, -0.05) is 37.3 Å². The highest BCUT2D eigenvalue weighted by molar-refractivity contribution is 7.88. The molecule has 0 bridgehead atoms. The summed E-state index contributed by atoms with van der Waals surface area (Å²) in [6.45, 7) is 5.00. The van der Waals surface area contributed by atoms with Crippen molar-refractivity contribution in [1.29, 1.82) is 0 Å². The first-order valence-corrected chi connectivity index (χ1v) is 8.11. The topological polar surface area (TPSA) is 40.6 Å². The predicted octanol–water partition coefficient (Wildman–Crippen LogP) is 1.32. The van der Waals surface area contributed by atoms with Crippen LogP contribution in [0.25, 0.3) is 0 Å². The van der Waals surface area contributed by atoms with E-state index in [1.54, 1.807) is 4.31 Å². The molecule has 1 fully saturated rings. The van der Waals surface area contributed by atoms with Crippen molar-refractivity contribution in [3.63, 3.8) is 0 Å². The Morgan fingerprint density at radius 2 is 1.89 bits per heavy atom. The van der Waals surface area contributed by atoms with Crippen molar-refractivity contribution >= 4 is 10.0 Å². The van der Waals surface area contributed by atoms with Crippen molar-refractivity contribution in [1.82, 2.24) is 9.21 Å². The second kappa shape index (κ2) is 5.38. The summed E-state index contributed by atoms with van der Waals surface area (Å²) in [7, 11) is -3.09. The lowest BCUT2D eigenvalue weighted by atomic mass is 10.0. The first-order chi connectivity index (χ1) is 8.52. The average Bonchev–Trinajstić information content (AvgIpc) is 2.38. The van der Waals surface area contributed by atoms with Gasteiger partial charge in [0.2, 0.25) is 10.0 Å². The van der Waals surface area contributed by atoms with Gasteiger partial charge < -0.3 is 0 Å². The van der Waals surface area contributed by atoms with E-state index in [1.165, 1.54) is 11.8 Å². The van der Waals surface area contributed by atoms with Crippen LogP contribution in [0.1, 0.15) is 18.5 Å². The van der Waals surface area contributed by atoms with Gasteiger partial charge in [-0.2, -0.15) is 4.31 Å². The second-order valence-electron chi connectivity index (χ2n) is 4.68. The monoisotopic (exact) mass is 268 g/mol. The summed E-state index contributed by atoms with van der Waals surface area (Å²) in [4.78, 5) is 2.33. The smallest absolute Gasteiger partial charge is 0.211 e. The highest BCUT2D eigenvalue weighted by Crippen LogP contribution is 2.25. The molecule has 0 unspecified atom stereocenters. The highest BCUT2D eigenvalue weighted by Gasteiger charge is 2.31. The molecule has 18 heavy (non-hydrogen) atoms. The molecule has 0 aromatic heterocycles. The number of hydrogen-bond acceptors (Lipinski definition) is 3. The predicted molar refractivity (Wildman–Crippen MR) is 72.8 cm³/mol. The standard InChI is InChI=1S/C13H20N2O2S/c1-3-14-9-10-15(18(2,16)17)11-13(14)12-7-5-4-6-8-12/h4-8,13H,3,9-11H2,1-2H3/t13-/m1/s1. The molecule has 2 rings (SSSR count). The van der Waals surface area contributed by atoms with Gasteiger partial charge in [0.15, 0.2) is 0 Å². The van der Waals surface area contributed by atoms with Crippen molar-refractivity contribution < 1.29 is 8.42 Å². The molecule has 5 heteroatoms. The molecule has 0 aliphatic carbocycles. The summed E-state index contributed by atoms with van der Waals surface area (Å²) in [5, 5.41) is 0. The molecular formula is C13H20N2O2S. The van der Waals surface area contributed by atoms with Gasteiger partial charge in [-0.15, -0.1) is 0 Å². The maximum Gasteiger partial charge on any atom is 0.211 e. The van der Waals surface area contributed by atoms with Crippen molar-refractivity contribution in [2.45, 2.75) is 13.0 Å². The van der Waals surface area contributed by atoms with E-state index in [1.807, 2.05) is 18.2 Å². The minimum absolute atomic E-state index is 0.166. The Kier molecular flexibility index (Phi) is 4.04. The molecule has 0 saturated carbocycles. The Morgan fingerprint density at radius 1 is 1.22 bits per heavy atom. The van der Waals surface area contributed by atoms with Gasteiger partial charge in [-0.3, -0.25) is 4.90 Å². The third-order valence-corrected chi connectivity index (χ3v) is 4.78. The fourth-order valence-electron chi connectivity index (χ4n) is 2.47. The summed E-state index contributed by atoms with van der Waals surface area (Å²) >= 11 is 0. The van der Waals surface area contributed by atoms with Gasteiger partial charge >= 0.3 is 0 Å². The highest BCUT2D eigenvalue weighted by atomic mass is 32.2. The third-order valence-electron chi connectivity index (χ3n) is 3.51. The van der Waals surface area contributed by atoms with Crippen LogP contribution in [0.15, 0.2) is 30.3 Å². The van der Waals surface area contributed by atoms with Crippen LogP contribution in [0.5, 0.6) is 0 Å². The molecule has 1 aliphatic heterocycles. The summed E-state index contributed by atoms with van der Waals surface area (Å²) in [5.41, 5.74) is 1.19. The Bertz CT molecular complexity index is 487. The van der Waals surface area contributed by atoms with E-state index in [4.69, 9.17) is 0 Å². The largest absolute Gasteiger partial charge is 0.294 e. The molecule has 0 amide bonds. The number of nitrogens with zero attached hydrogens (tertiary/aromatic N) is 2. The molecule has 1 heterocycles. The molecule has 100 valence electrons. The zero-order chi connectivity index (χ0) is 13.2. The Morgan fingerprint density at radius 3 is 2.44 bits per heavy atom.